The number of ether oxygens (including phenoxy) is 1. The average molecular weight is 639 g/mol. The molecule has 42 heavy (non-hydrogen) atoms. The van der Waals surface area contributed by atoms with E-state index in [0.29, 0.717) is 28.7 Å². The molecule has 2 amide bonds. The second-order valence-electron chi connectivity index (χ2n) is 10.9. The Morgan fingerprint density at radius 1 is 1.21 bits per heavy atom. The third-order valence-corrected chi connectivity index (χ3v) is 9.67. The van der Waals surface area contributed by atoms with Gasteiger partial charge in [0, 0.05) is 22.9 Å². The standard InChI is InChI=1S/C28H39ClN6O5S2/c1-42(38,39)34-23(8-4-18-10-12-32-13-11-18)28(37)35-16-21(40-17-19-2-5-20(29)6-3-19)14-24(35)27(36)33-15-22-7-9-25(41-22)26(30)31/h2-3,5-7,9,18,21,23-24,32,34H,4,8,10-17H2,1H3,(H3,30,31)(H,33,36)/t21-,23-,24?/m1/s1. The van der Waals surface area contributed by atoms with Crippen molar-refractivity contribution in [1.29, 1.82) is 5.41 Å². The van der Waals surface area contributed by atoms with Crippen LogP contribution in [0.5, 0.6) is 0 Å². The molecular formula is C28H39ClN6O5S2. The molecule has 1 unspecified atom stereocenters. The number of carbonyl (C=O) groups is 2. The SMILES string of the molecule is CS(=O)(=O)N[C@H](CCC1CCNCC1)C(=O)N1C[C@H](OCc2ccc(Cl)cc2)CC1C(=O)NCc1ccc(C(=N)N)s1. The van der Waals surface area contributed by atoms with Gasteiger partial charge >= 0.3 is 0 Å². The fraction of sp³-hybridized carbons (Fsp3) is 0.536. The zero-order valence-corrected chi connectivity index (χ0v) is 26.0. The number of nitrogen functional groups attached to an aromatic ring is 1. The van der Waals surface area contributed by atoms with Crippen molar-refractivity contribution in [3.05, 3.63) is 56.7 Å². The van der Waals surface area contributed by atoms with Crippen LogP contribution in [0.3, 0.4) is 0 Å². The molecule has 2 aromatic rings. The molecule has 0 radical (unpaired) electrons. The number of rotatable bonds is 13. The van der Waals surface area contributed by atoms with Gasteiger partial charge in [0.25, 0.3) is 0 Å². The van der Waals surface area contributed by atoms with E-state index in [1.807, 2.05) is 12.1 Å². The van der Waals surface area contributed by atoms with Crippen molar-refractivity contribution < 1.29 is 22.7 Å². The maximum atomic E-state index is 13.9. The molecule has 2 fully saturated rings. The molecule has 4 rings (SSSR count). The first kappa shape index (κ1) is 32.4. The first-order valence-corrected chi connectivity index (χ1v) is 17.1. The highest BCUT2D eigenvalue weighted by Crippen LogP contribution is 2.26. The van der Waals surface area contributed by atoms with Gasteiger partial charge in [0.05, 0.1) is 30.4 Å². The van der Waals surface area contributed by atoms with Crippen LogP contribution in [0.25, 0.3) is 0 Å². The second-order valence-corrected chi connectivity index (χ2v) is 14.3. The van der Waals surface area contributed by atoms with Gasteiger partial charge in [0.2, 0.25) is 21.8 Å². The van der Waals surface area contributed by atoms with Crippen molar-refractivity contribution >= 4 is 50.6 Å². The number of carbonyl (C=O) groups excluding carboxylic acids is 2. The topological polar surface area (TPSA) is 167 Å². The molecule has 14 heteroatoms. The fourth-order valence-electron chi connectivity index (χ4n) is 5.38. The Labute approximate surface area is 256 Å². The molecule has 2 saturated heterocycles. The summed E-state index contributed by atoms with van der Waals surface area (Å²) in [4.78, 5) is 30.3. The summed E-state index contributed by atoms with van der Waals surface area (Å²) in [7, 11) is -3.68. The maximum Gasteiger partial charge on any atom is 0.243 e. The number of hydrogen-bond acceptors (Lipinski definition) is 8. The second kappa shape index (κ2) is 14.8. The predicted molar refractivity (Wildman–Crippen MR) is 164 cm³/mol. The number of likely N-dealkylation sites (tertiary alicyclic amines) is 1. The van der Waals surface area contributed by atoms with E-state index >= 15 is 0 Å². The molecule has 0 bridgehead atoms. The summed E-state index contributed by atoms with van der Waals surface area (Å²) in [6.45, 7) is 2.46. The number of nitrogens with two attached hydrogens (primary N) is 1. The van der Waals surface area contributed by atoms with Crippen LogP contribution in [0.4, 0.5) is 0 Å². The summed E-state index contributed by atoms with van der Waals surface area (Å²) in [5.41, 5.74) is 6.47. The molecule has 1 aromatic carbocycles. The van der Waals surface area contributed by atoms with Crippen LogP contribution in [0.2, 0.25) is 5.02 Å². The van der Waals surface area contributed by atoms with Gasteiger partial charge in [-0.2, -0.15) is 0 Å². The Hall–Kier alpha value is -2.55. The Morgan fingerprint density at radius 2 is 1.93 bits per heavy atom. The van der Waals surface area contributed by atoms with Gasteiger partial charge in [-0.3, -0.25) is 15.0 Å². The molecule has 3 heterocycles. The quantitative estimate of drug-likeness (QED) is 0.166. The van der Waals surface area contributed by atoms with E-state index in [-0.39, 0.29) is 37.9 Å². The van der Waals surface area contributed by atoms with Gasteiger partial charge in [-0.1, -0.05) is 23.7 Å². The molecule has 11 nitrogen and oxygen atoms in total. The Balaban J connectivity index is 1.48. The van der Waals surface area contributed by atoms with Crippen molar-refractivity contribution in [2.75, 3.05) is 25.9 Å². The van der Waals surface area contributed by atoms with Crippen LogP contribution < -0.4 is 21.1 Å². The summed E-state index contributed by atoms with van der Waals surface area (Å²) in [5.74, 6) is -0.418. The number of amides is 2. The highest BCUT2D eigenvalue weighted by molar-refractivity contribution is 7.88. The summed E-state index contributed by atoms with van der Waals surface area (Å²) in [5, 5.41) is 14.4. The van der Waals surface area contributed by atoms with Crippen molar-refractivity contribution in [1.82, 2.24) is 20.3 Å². The van der Waals surface area contributed by atoms with Crippen LogP contribution in [0, 0.1) is 11.3 Å². The molecule has 1 aromatic heterocycles. The minimum absolute atomic E-state index is 0.0419. The van der Waals surface area contributed by atoms with Gasteiger partial charge in [0.15, 0.2) is 0 Å². The van der Waals surface area contributed by atoms with Crippen LogP contribution in [0.15, 0.2) is 36.4 Å². The first-order chi connectivity index (χ1) is 20.0. The van der Waals surface area contributed by atoms with Crippen LogP contribution in [-0.2, 0) is 37.5 Å². The summed E-state index contributed by atoms with van der Waals surface area (Å²) < 4.78 is 33.2. The third-order valence-electron chi connectivity index (χ3n) is 7.59. The molecule has 6 N–H and O–H groups in total. The molecular weight excluding hydrogens is 600 g/mol. The molecule has 2 aliphatic rings. The number of piperidine rings is 1. The molecule has 0 spiro atoms. The smallest absolute Gasteiger partial charge is 0.243 e. The number of benzene rings is 1. The van der Waals surface area contributed by atoms with E-state index in [2.05, 4.69) is 15.4 Å². The Morgan fingerprint density at radius 3 is 2.57 bits per heavy atom. The van der Waals surface area contributed by atoms with E-state index < -0.39 is 34.1 Å². The van der Waals surface area contributed by atoms with Crippen LogP contribution in [-0.4, -0.2) is 75.0 Å². The van der Waals surface area contributed by atoms with E-state index in [9.17, 15) is 18.0 Å². The summed E-state index contributed by atoms with van der Waals surface area (Å²) in [6.07, 6.45) is 3.90. The minimum Gasteiger partial charge on any atom is -0.383 e. The molecule has 230 valence electrons. The average Bonchev–Trinajstić information content (AvgIpc) is 3.61. The van der Waals surface area contributed by atoms with Gasteiger partial charge < -0.3 is 26.0 Å². The number of nitrogens with one attached hydrogen (secondary N) is 4. The van der Waals surface area contributed by atoms with Crippen LogP contribution in [0.1, 0.15) is 47.4 Å². The predicted octanol–water partition coefficient (Wildman–Crippen LogP) is 2.19. The van der Waals surface area contributed by atoms with Crippen molar-refractivity contribution in [3.8, 4) is 0 Å². The lowest BCUT2D eigenvalue weighted by Gasteiger charge is -2.29. The zero-order valence-electron chi connectivity index (χ0n) is 23.6. The Kier molecular flexibility index (Phi) is 11.4. The molecule has 0 saturated carbocycles. The Bertz CT molecular complexity index is 1350. The molecule has 0 aliphatic carbocycles. The number of amidine groups is 1. The number of hydrogen-bond donors (Lipinski definition) is 5. The van der Waals surface area contributed by atoms with Gasteiger partial charge in [-0.15, -0.1) is 11.3 Å². The zero-order chi connectivity index (χ0) is 30.3. The molecule has 3 atom stereocenters. The number of sulfonamides is 1. The fourth-order valence-corrected chi connectivity index (χ4v) is 7.05. The minimum atomic E-state index is -3.68. The van der Waals surface area contributed by atoms with Crippen LogP contribution >= 0.6 is 22.9 Å². The number of nitrogens with zero attached hydrogens (tertiary/aromatic N) is 1. The normalized spacial score (nSPS) is 20.4. The summed E-state index contributed by atoms with van der Waals surface area (Å²) >= 11 is 7.30. The lowest BCUT2D eigenvalue weighted by molar-refractivity contribution is -0.140. The highest BCUT2D eigenvalue weighted by Gasteiger charge is 2.42. The van der Waals surface area contributed by atoms with E-state index in [4.69, 9.17) is 27.5 Å². The van der Waals surface area contributed by atoms with E-state index in [1.54, 1.807) is 24.3 Å². The van der Waals surface area contributed by atoms with Crippen molar-refractivity contribution in [2.45, 2.75) is 63.4 Å². The third kappa shape index (κ3) is 9.48. The van der Waals surface area contributed by atoms with Gasteiger partial charge in [-0.05, 0) is 74.5 Å². The maximum absolute atomic E-state index is 13.9. The largest absolute Gasteiger partial charge is 0.383 e. The summed E-state index contributed by atoms with van der Waals surface area (Å²) in [6, 6.07) is 8.97. The first-order valence-electron chi connectivity index (χ1n) is 14.0. The van der Waals surface area contributed by atoms with Gasteiger partial charge in [0.1, 0.15) is 17.9 Å². The lowest BCUT2D eigenvalue weighted by atomic mass is 9.91. The number of halogens is 1. The van der Waals surface area contributed by atoms with E-state index in [0.717, 1.165) is 42.6 Å². The monoisotopic (exact) mass is 638 g/mol. The van der Waals surface area contributed by atoms with Crippen molar-refractivity contribution in [3.63, 3.8) is 0 Å². The van der Waals surface area contributed by atoms with Gasteiger partial charge in [-0.25, -0.2) is 13.1 Å². The highest BCUT2D eigenvalue weighted by atomic mass is 35.5. The van der Waals surface area contributed by atoms with E-state index in [1.165, 1.54) is 16.2 Å². The van der Waals surface area contributed by atoms with Crippen molar-refractivity contribution in [2.24, 2.45) is 11.7 Å². The lowest BCUT2D eigenvalue weighted by Crippen LogP contribution is -2.53. The molecule has 2 aliphatic heterocycles. The number of thiophene rings is 1.